The van der Waals surface area contributed by atoms with Crippen molar-refractivity contribution in [2.75, 3.05) is 39.8 Å². The second kappa shape index (κ2) is 6.35. The number of likely N-dealkylation sites (N-methyl/N-ethyl adjacent to an activating group) is 1. The Bertz CT molecular complexity index is 436. The second-order valence-corrected chi connectivity index (χ2v) is 6.88. The normalized spacial score (nSPS) is 18.8. The van der Waals surface area contributed by atoms with Gasteiger partial charge in [-0.15, -0.1) is 11.3 Å². The molecule has 1 aliphatic heterocycles. The predicted molar refractivity (Wildman–Crippen MR) is 77.2 cm³/mol. The highest BCUT2D eigenvalue weighted by atomic mass is 35.5. The number of halogens is 2. The number of thiophene rings is 1. The Labute approximate surface area is 121 Å². The summed E-state index contributed by atoms with van der Waals surface area (Å²) in [5.74, 6) is 0.0627. The molecule has 3 nitrogen and oxygen atoms in total. The van der Waals surface area contributed by atoms with Gasteiger partial charge in [-0.25, -0.2) is 0 Å². The molecule has 6 heteroatoms. The van der Waals surface area contributed by atoms with Crippen molar-refractivity contribution in [3.63, 3.8) is 0 Å². The maximum Gasteiger partial charge on any atom is 0.179 e. The molecule has 0 saturated carbocycles. The highest BCUT2D eigenvalue weighted by Gasteiger charge is 2.19. The molecule has 18 heavy (non-hydrogen) atoms. The predicted octanol–water partition coefficient (Wildman–Crippen LogP) is 2.88. The number of hydrogen-bond acceptors (Lipinski definition) is 4. The summed E-state index contributed by atoms with van der Waals surface area (Å²) in [6.45, 7) is 4.42. The summed E-state index contributed by atoms with van der Waals surface area (Å²) >= 11 is 13.1. The Morgan fingerprint density at radius 3 is 2.78 bits per heavy atom. The van der Waals surface area contributed by atoms with Crippen molar-refractivity contribution >= 4 is 40.3 Å². The summed E-state index contributed by atoms with van der Waals surface area (Å²) in [4.78, 5) is 16.6. The van der Waals surface area contributed by atoms with Crippen LogP contribution in [0.5, 0.6) is 0 Å². The third kappa shape index (κ3) is 3.68. The fraction of sp³-hybridized carbons (Fsp3) is 0.583. The van der Waals surface area contributed by atoms with Gasteiger partial charge in [0.1, 0.15) is 4.34 Å². The number of carbonyl (C=O) groups is 1. The van der Waals surface area contributed by atoms with Gasteiger partial charge in [0.25, 0.3) is 0 Å². The second-order valence-electron chi connectivity index (χ2n) is 4.59. The number of rotatable bonds is 3. The Balaban J connectivity index is 1.96. The largest absolute Gasteiger partial charge is 0.305 e. The quantitative estimate of drug-likeness (QED) is 0.802. The molecule has 0 N–H and O–H groups in total. The van der Waals surface area contributed by atoms with E-state index in [0.717, 1.165) is 32.6 Å². The van der Waals surface area contributed by atoms with E-state index in [1.165, 1.54) is 11.3 Å². The van der Waals surface area contributed by atoms with Gasteiger partial charge in [0.15, 0.2) is 5.78 Å². The van der Waals surface area contributed by atoms with Gasteiger partial charge in [-0.3, -0.25) is 9.69 Å². The molecule has 2 heterocycles. The van der Waals surface area contributed by atoms with E-state index in [1.807, 2.05) is 0 Å². The zero-order chi connectivity index (χ0) is 13.1. The average molecular weight is 307 g/mol. The zero-order valence-corrected chi connectivity index (χ0v) is 12.6. The van der Waals surface area contributed by atoms with E-state index in [-0.39, 0.29) is 5.78 Å². The molecule has 0 radical (unpaired) electrons. The van der Waals surface area contributed by atoms with Crippen LogP contribution in [0.3, 0.4) is 0 Å². The number of hydrogen-bond donors (Lipinski definition) is 0. The maximum atomic E-state index is 12.1. The van der Waals surface area contributed by atoms with Crippen LogP contribution in [0.25, 0.3) is 0 Å². The molecule has 0 atom stereocenters. The van der Waals surface area contributed by atoms with E-state index in [4.69, 9.17) is 23.2 Å². The highest BCUT2D eigenvalue weighted by molar-refractivity contribution is 7.20. The number of nitrogens with zero attached hydrogens (tertiary/aromatic N) is 2. The molecule has 1 saturated heterocycles. The summed E-state index contributed by atoms with van der Waals surface area (Å²) < 4.78 is 1.07. The molecule has 0 unspecified atom stereocenters. The summed E-state index contributed by atoms with van der Waals surface area (Å²) in [6, 6.07) is 1.67. The number of Topliss-reactive ketones (excluding diaryl/α,β-unsaturated/α-hetero) is 1. The van der Waals surface area contributed by atoms with Gasteiger partial charge in [-0.1, -0.05) is 23.2 Å². The molecule has 1 fully saturated rings. The Morgan fingerprint density at radius 1 is 1.33 bits per heavy atom. The van der Waals surface area contributed by atoms with Crippen molar-refractivity contribution in [2.24, 2.45) is 0 Å². The molecule has 1 aromatic heterocycles. The molecule has 1 aromatic rings. The van der Waals surface area contributed by atoms with Gasteiger partial charge in [0, 0.05) is 13.1 Å². The topological polar surface area (TPSA) is 23.6 Å². The molecule has 0 aliphatic carbocycles. The average Bonchev–Trinajstić information content (AvgIpc) is 2.51. The van der Waals surface area contributed by atoms with Crippen LogP contribution in [0.4, 0.5) is 0 Å². The van der Waals surface area contributed by atoms with Gasteiger partial charge < -0.3 is 4.90 Å². The number of carbonyl (C=O) groups excluding carboxylic acids is 1. The lowest BCUT2D eigenvalue weighted by Crippen LogP contribution is -2.33. The molecule has 0 spiro atoms. The van der Waals surface area contributed by atoms with E-state index in [2.05, 4.69) is 16.8 Å². The Hall–Kier alpha value is -0.130. The van der Waals surface area contributed by atoms with Crippen LogP contribution in [-0.4, -0.2) is 55.4 Å². The first-order valence-electron chi connectivity index (χ1n) is 5.95. The van der Waals surface area contributed by atoms with E-state index >= 15 is 0 Å². The zero-order valence-electron chi connectivity index (χ0n) is 10.3. The van der Waals surface area contributed by atoms with Crippen LogP contribution in [0.15, 0.2) is 6.07 Å². The summed E-state index contributed by atoms with van der Waals surface area (Å²) in [7, 11) is 2.11. The Morgan fingerprint density at radius 2 is 2.11 bits per heavy atom. The lowest BCUT2D eigenvalue weighted by atomic mass is 10.2. The van der Waals surface area contributed by atoms with Crippen molar-refractivity contribution in [1.29, 1.82) is 0 Å². The third-order valence-electron chi connectivity index (χ3n) is 3.14. The van der Waals surface area contributed by atoms with Crippen LogP contribution >= 0.6 is 34.5 Å². The van der Waals surface area contributed by atoms with Crippen LogP contribution in [0.2, 0.25) is 8.67 Å². The minimum Gasteiger partial charge on any atom is -0.305 e. The molecule has 1 aliphatic rings. The Kier molecular flexibility index (Phi) is 5.04. The molecular weight excluding hydrogens is 291 g/mol. The fourth-order valence-corrected chi connectivity index (χ4v) is 3.58. The van der Waals surface area contributed by atoms with E-state index in [9.17, 15) is 4.79 Å². The first kappa shape index (κ1) is 14.3. The summed E-state index contributed by atoms with van der Waals surface area (Å²) in [5, 5.41) is 0. The van der Waals surface area contributed by atoms with Gasteiger partial charge in [-0.05, 0) is 32.6 Å². The maximum absolute atomic E-state index is 12.1. The smallest absolute Gasteiger partial charge is 0.179 e. The van der Waals surface area contributed by atoms with Gasteiger partial charge >= 0.3 is 0 Å². The van der Waals surface area contributed by atoms with Crippen molar-refractivity contribution in [3.05, 3.63) is 20.3 Å². The number of ketones is 1. The highest BCUT2D eigenvalue weighted by Crippen LogP contribution is 2.31. The van der Waals surface area contributed by atoms with Crippen molar-refractivity contribution in [3.8, 4) is 0 Å². The van der Waals surface area contributed by atoms with E-state index < -0.39 is 0 Å². The lowest BCUT2D eigenvalue weighted by molar-refractivity contribution is 0.0934. The molecule has 0 amide bonds. The van der Waals surface area contributed by atoms with Gasteiger partial charge in [-0.2, -0.15) is 0 Å². The fourth-order valence-electron chi connectivity index (χ4n) is 2.08. The van der Waals surface area contributed by atoms with E-state index in [1.54, 1.807) is 6.07 Å². The molecule has 0 aromatic carbocycles. The minimum absolute atomic E-state index is 0.0627. The van der Waals surface area contributed by atoms with Crippen LogP contribution in [0.1, 0.15) is 16.8 Å². The summed E-state index contributed by atoms with van der Waals surface area (Å²) in [5.41, 5.74) is 0.560. The molecular formula is C12H16Cl2N2OS. The molecule has 0 bridgehead atoms. The van der Waals surface area contributed by atoms with Crippen LogP contribution in [0, 0.1) is 0 Å². The third-order valence-corrected chi connectivity index (χ3v) is 4.62. The van der Waals surface area contributed by atoms with Crippen molar-refractivity contribution < 1.29 is 4.79 Å². The molecule has 2 rings (SSSR count). The standard InChI is InChI=1S/C12H16Cl2N2OS/c1-15-3-2-4-16(6-5-15)8-10(17)9-7-11(13)18-12(9)14/h7H,2-6,8H2,1H3. The van der Waals surface area contributed by atoms with E-state index in [0.29, 0.717) is 20.8 Å². The first-order valence-corrected chi connectivity index (χ1v) is 7.52. The SMILES string of the molecule is CN1CCCN(CC(=O)c2cc(Cl)sc2Cl)CC1. The minimum atomic E-state index is 0.0627. The van der Waals surface area contributed by atoms with Gasteiger partial charge in [0.2, 0.25) is 0 Å². The van der Waals surface area contributed by atoms with Crippen LogP contribution < -0.4 is 0 Å². The lowest BCUT2D eigenvalue weighted by Gasteiger charge is -2.18. The van der Waals surface area contributed by atoms with Crippen molar-refractivity contribution in [1.82, 2.24) is 9.80 Å². The summed E-state index contributed by atoms with van der Waals surface area (Å²) in [6.07, 6.45) is 1.10. The van der Waals surface area contributed by atoms with Gasteiger partial charge in [0.05, 0.1) is 16.4 Å². The monoisotopic (exact) mass is 306 g/mol. The molecule has 100 valence electrons. The van der Waals surface area contributed by atoms with Crippen LogP contribution in [-0.2, 0) is 0 Å². The van der Waals surface area contributed by atoms with Crippen molar-refractivity contribution in [2.45, 2.75) is 6.42 Å². The first-order chi connectivity index (χ1) is 8.56.